The van der Waals surface area contributed by atoms with Gasteiger partial charge in [0.2, 0.25) is 0 Å². The fourth-order valence-corrected chi connectivity index (χ4v) is 1.65. The van der Waals surface area contributed by atoms with Crippen LogP contribution in [0.15, 0.2) is 28.7 Å². The van der Waals surface area contributed by atoms with E-state index in [9.17, 15) is 0 Å². The Kier molecular flexibility index (Phi) is 6.50. The van der Waals surface area contributed by atoms with E-state index >= 15 is 0 Å². The summed E-state index contributed by atoms with van der Waals surface area (Å²) >= 11 is 3.40. The molecule has 0 unspecified atom stereocenters. The molecule has 1 aromatic rings. The van der Waals surface area contributed by atoms with E-state index in [1.807, 2.05) is 24.3 Å². The van der Waals surface area contributed by atoms with Crippen LogP contribution < -0.4 is 4.74 Å². The molecule has 2 nitrogen and oxygen atoms in total. The Morgan fingerprint density at radius 1 is 1.19 bits per heavy atom. The van der Waals surface area contributed by atoms with Gasteiger partial charge in [0, 0.05) is 11.0 Å². The van der Waals surface area contributed by atoms with E-state index in [0.717, 1.165) is 29.9 Å². The topological polar surface area (TPSA) is 12.5 Å². The lowest BCUT2D eigenvalue weighted by atomic mass is 10.3. The summed E-state index contributed by atoms with van der Waals surface area (Å²) in [5.41, 5.74) is 0. The molecule has 0 amide bonds. The van der Waals surface area contributed by atoms with Crippen molar-refractivity contribution in [3.8, 4) is 5.75 Å². The van der Waals surface area contributed by atoms with Crippen LogP contribution in [0.2, 0.25) is 0 Å². The Morgan fingerprint density at radius 2 is 1.88 bits per heavy atom. The van der Waals surface area contributed by atoms with Crippen molar-refractivity contribution in [2.75, 3.05) is 26.7 Å². The van der Waals surface area contributed by atoms with Crippen molar-refractivity contribution >= 4 is 15.9 Å². The van der Waals surface area contributed by atoms with E-state index in [-0.39, 0.29) is 0 Å². The van der Waals surface area contributed by atoms with Crippen LogP contribution in [-0.2, 0) is 0 Å². The summed E-state index contributed by atoms with van der Waals surface area (Å²) in [7, 11) is 2.14. The van der Waals surface area contributed by atoms with E-state index < -0.39 is 0 Å². The molecule has 0 fully saturated rings. The molecule has 0 aliphatic rings. The quantitative estimate of drug-likeness (QED) is 0.760. The summed E-state index contributed by atoms with van der Waals surface area (Å²) in [5.74, 6) is 0.937. The number of nitrogens with zero attached hydrogens (tertiary/aromatic N) is 1. The Bertz CT molecular complexity index is 286. The molecule has 16 heavy (non-hydrogen) atoms. The second kappa shape index (κ2) is 7.69. The highest BCUT2D eigenvalue weighted by atomic mass is 79.9. The number of unbranched alkanes of at least 4 members (excludes halogenated alkanes) is 1. The fraction of sp³-hybridized carbons (Fsp3) is 0.538. The Balaban J connectivity index is 2.17. The van der Waals surface area contributed by atoms with E-state index in [1.54, 1.807) is 0 Å². The number of hydrogen-bond acceptors (Lipinski definition) is 2. The molecule has 0 aliphatic carbocycles. The normalized spacial score (nSPS) is 10.8. The second-order valence-electron chi connectivity index (χ2n) is 3.96. The highest BCUT2D eigenvalue weighted by molar-refractivity contribution is 9.10. The maximum absolute atomic E-state index is 5.65. The molecule has 3 heteroatoms. The van der Waals surface area contributed by atoms with Gasteiger partial charge in [-0.25, -0.2) is 0 Å². The standard InChI is InChI=1S/C13H20BrNO/c1-3-4-9-15(2)10-11-16-13-7-5-12(14)6-8-13/h5-8H,3-4,9-11H2,1-2H3. The van der Waals surface area contributed by atoms with Crippen LogP contribution in [-0.4, -0.2) is 31.6 Å². The Morgan fingerprint density at radius 3 is 2.50 bits per heavy atom. The van der Waals surface area contributed by atoms with Crippen LogP contribution in [0, 0.1) is 0 Å². The zero-order valence-electron chi connectivity index (χ0n) is 10.1. The molecule has 0 radical (unpaired) electrons. The number of ether oxygens (including phenoxy) is 1. The summed E-state index contributed by atoms with van der Waals surface area (Å²) < 4.78 is 6.73. The number of halogens is 1. The largest absolute Gasteiger partial charge is 0.492 e. The SMILES string of the molecule is CCCCN(C)CCOc1ccc(Br)cc1. The predicted octanol–water partition coefficient (Wildman–Crippen LogP) is 3.56. The molecule has 0 heterocycles. The van der Waals surface area contributed by atoms with E-state index in [0.29, 0.717) is 0 Å². The molecule has 0 saturated heterocycles. The van der Waals surface area contributed by atoms with E-state index in [4.69, 9.17) is 4.74 Å². The fourth-order valence-electron chi connectivity index (χ4n) is 1.39. The van der Waals surface area contributed by atoms with Gasteiger partial charge in [0.1, 0.15) is 12.4 Å². The van der Waals surface area contributed by atoms with Gasteiger partial charge in [-0.2, -0.15) is 0 Å². The predicted molar refractivity (Wildman–Crippen MR) is 72.0 cm³/mol. The van der Waals surface area contributed by atoms with Crippen molar-refractivity contribution in [1.82, 2.24) is 4.90 Å². The minimum atomic E-state index is 0.752. The molecule has 90 valence electrons. The van der Waals surface area contributed by atoms with Crippen molar-refractivity contribution in [3.05, 3.63) is 28.7 Å². The third kappa shape index (κ3) is 5.52. The molecule has 0 bridgehead atoms. The zero-order valence-corrected chi connectivity index (χ0v) is 11.7. The van der Waals surface area contributed by atoms with Gasteiger partial charge in [0.15, 0.2) is 0 Å². The third-order valence-electron chi connectivity index (χ3n) is 2.45. The van der Waals surface area contributed by atoms with Crippen molar-refractivity contribution in [2.24, 2.45) is 0 Å². The first kappa shape index (κ1) is 13.5. The second-order valence-corrected chi connectivity index (χ2v) is 4.87. The number of benzene rings is 1. The lowest BCUT2D eigenvalue weighted by Gasteiger charge is -2.16. The van der Waals surface area contributed by atoms with Crippen molar-refractivity contribution < 1.29 is 4.74 Å². The van der Waals surface area contributed by atoms with Crippen molar-refractivity contribution in [3.63, 3.8) is 0 Å². The zero-order chi connectivity index (χ0) is 11.8. The van der Waals surface area contributed by atoms with Gasteiger partial charge in [-0.05, 0) is 44.3 Å². The number of hydrogen-bond donors (Lipinski definition) is 0. The van der Waals surface area contributed by atoms with Crippen LogP contribution in [0.4, 0.5) is 0 Å². The first-order chi connectivity index (χ1) is 7.72. The van der Waals surface area contributed by atoms with Gasteiger partial charge in [-0.15, -0.1) is 0 Å². The highest BCUT2D eigenvalue weighted by Crippen LogP contribution is 2.15. The summed E-state index contributed by atoms with van der Waals surface area (Å²) in [5, 5.41) is 0. The minimum Gasteiger partial charge on any atom is -0.492 e. The average Bonchev–Trinajstić information content (AvgIpc) is 2.29. The van der Waals surface area contributed by atoms with Gasteiger partial charge in [-0.3, -0.25) is 0 Å². The molecular weight excluding hydrogens is 266 g/mol. The van der Waals surface area contributed by atoms with Crippen LogP contribution >= 0.6 is 15.9 Å². The number of rotatable bonds is 7. The molecule has 0 spiro atoms. The lowest BCUT2D eigenvalue weighted by molar-refractivity contribution is 0.235. The van der Waals surface area contributed by atoms with Gasteiger partial charge in [0.05, 0.1) is 0 Å². The Hall–Kier alpha value is -0.540. The summed E-state index contributed by atoms with van der Waals surface area (Å²) in [4.78, 5) is 2.31. The van der Waals surface area contributed by atoms with Gasteiger partial charge in [0.25, 0.3) is 0 Å². The number of likely N-dealkylation sites (N-methyl/N-ethyl adjacent to an activating group) is 1. The molecule has 0 atom stereocenters. The average molecular weight is 286 g/mol. The first-order valence-electron chi connectivity index (χ1n) is 5.79. The summed E-state index contributed by atoms with van der Waals surface area (Å²) in [6, 6.07) is 7.96. The Labute approximate surface area is 107 Å². The molecule has 1 rings (SSSR count). The highest BCUT2D eigenvalue weighted by Gasteiger charge is 1.98. The molecule has 0 N–H and O–H groups in total. The lowest BCUT2D eigenvalue weighted by Crippen LogP contribution is -2.25. The summed E-state index contributed by atoms with van der Waals surface area (Å²) in [6.07, 6.45) is 2.51. The molecule has 0 aromatic heterocycles. The first-order valence-corrected chi connectivity index (χ1v) is 6.58. The summed E-state index contributed by atoms with van der Waals surface area (Å²) in [6.45, 7) is 5.10. The van der Waals surface area contributed by atoms with Crippen LogP contribution in [0.5, 0.6) is 5.75 Å². The van der Waals surface area contributed by atoms with Crippen molar-refractivity contribution in [2.45, 2.75) is 19.8 Å². The molecule has 0 aliphatic heterocycles. The maximum Gasteiger partial charge on any atom is 0.119 e. The van der Waals surface area contributed by atoms with E-state index in [2.05, 4.69) is 34.8 Å². The molecular formula is C13H20BrNO. The van der Waals surface area contributed by atoms with Gasteiger partial charge >= 0.3 is 0 Å². The minimum absolute atomic E-state index is 0.752. The van der Waals surface area contributed by atoms with E-state index in [1.165, 1.54) is 12.8 Å². The van der Waals surface area contributed by atoms with Crippen LogP contribution in [0.1, 0.15) is 19.8 Å². The van der Waals surface area contributed by atoms with Crippen molar-refractivity contribution in [1.29, 1.82) is 0 Å². The third-order valence-corrected chi connectivity index (χ3v) is 2.98. The monoisotopic (exact) mass is 285 g/mol. The van der Waals surface area contributed by atoms with Gasteiger partial charge in [-0.1, -0.05) is 29.3 Å². The van der Waals surface area contributed by atoms with Crippen LogP contribution in [0.3, 0.4) is 0 Å². The molecule has 0 saturated carbocycles. The smallest absolute Gasteiger partial charge is 0.119 e. The molecule has 1 aromatic carbocycles. The maximum atomic E-state index is 5.65. The van der Waals surface area contributed by atoms with Gasteiger partial charge < -0.3 is 9.64 Å². The van der Waals surface area contributed by atoms with Crippen LogP contribution in [0.25, 0.3) is 0 Å².